The van der Waals surface area contributed by atoms with Crippen LogP contribution in [-0.4, -0.2) is 28.6 Å². The quantitative estimate of drug-likeness (QED) is 0.484. The van der Waals surface area contributed by atoms with E-state index in [-0.39, 0.29) is 24.4 Å². The minimum absolute atomic E-state index is 0.0505. The number of aromatic amines is 1. The zero-order valence-electron chi connectivity index (χ0n) is 16.2. The van der Waals surface area contributed by atoms with Crippen molar-refractivity contribution in [3.05, 3.63) is 70.9 Å². The van der Waals surface area contributed by atoms with Crippen LogP contribution in [0, 0.1) is 13.8 Å². The summed E-state index contributed by atoms with van der Waals surface area (Å²) in [5.41, 5.74) is 3.77. The van der Waals surface area contributed by atoms with Crippen LogP contribution < -0.4 is 0 Å². The largest absolute Gasteiger partial charge is 0.454 e. The molecule has 144 valence electrons. The molecule has 1 atom stereocenters. The van der Waals surface area contributed by atoms with Gasteiger partial charge in [-0.25, -0.2) is 0 Å². The number of nitrogens with one attached hydrogen (secondary N) is 1. The molecule has 2 aromatic carbocycles. The van der Waals surface area contributed by atoms with Crippen molar-refractivity contribution >= 4 is 28.4 Å². The van der Waals surface area contributed by atoms with Crippen LogP contribution in [0.5, 0.6) is 0 Å². The van der Waals surface area contributed by atoms with E-state index in [1.54, 1.807) is 19.1 Å². The molecule has 1 aromatic heterocycles. The Labute approximate surface area is 163 Å². The van der Waals surface area contributed by atoms with Crippen LogP contribution in [0.15, 0.2) is 48.5 Å². The van der Waals surface area contributed by atoms with Gasteiger partial charge in [-0.1, -0.05) is 48.0 Å². The molecule has 0 amide bonds. The number of para-hydroxylation sites is 1. The van der Waals surface area contributed by atoms with E-state index in [1.165, 1.54) is 0 Å². The average Bonchev–Trinajstić information content (AvgIpc) is 3.01. The summed E-state index contributed by atoms with van der Waals surface area (Å²) in [5.74, 6) is -0.935. The van der Waals surface area contributed by atoms with Crippen molar-refractivity contribution in [1.29, 1.82) is 0 Å². The van der Waals surface area contributed by atoms with Gasteiger partial charge in [0.05, 0.1) is 6.42 Å². The molecule has 0 unspecified atom stereocenters. The Bertz CT molecular complexity index is 1030. The van der Waals surface area contributed by atoms with E-state index in [1.807, 2.05) is 50.2 Å². The van der Waals surface area contributed by atoms with E-state index in [4.69, 9.17) is 4.74 Å². The number of hydrogen-bond donors (Lipinski definition) is 1. The molecule has 5 nitrogen and oxygen atoms in total. The number of benzene rings is 2. The summed E-state index contributed by atoms with van der Waals surface area (Å²) >= 11 is 0. The predicted molar refractivity (Wildman–Crippen MR) is 108 cm³/mol. The van der Waals surface area contributed by atoms with Gasteiger partial charge in [-0.2, -0.15) is 0 Å². The highest BCUT2D eigenvalue weighted by Crippen LogP contribution is 2.24. The van der Waals surface area contributed by atoms with Gasteiger partial charge in [0, 0.05) is 34.1 Å². The van der Waals surface area contributed by atoms with E-state index in [0.717, 1.165) is 22.2 Å². The van der Waals surface area contributed by atoms with Gasteiger partial charge in [0.1, 0.15) is 0 Å². The lowest BCUT2D eigenvalue weighted by Gasteiger charge is -2.12. The second-order valence-electron chi connectivity index (χ2n) is 6.96. The number of H-pyrrole nitrogens is 1. The van der Waals surface area contributed by atoms with Crippen LogP contribution in [0.1, 0.15) is 51.7 Å². The number of esters is 1. The van der Waals surface area contributed by atoms with Gasteiger partial charge in [0.15, 0.2) is 11.9 Å². The van der Waals surface area contributed by atoms with Crippen molar-refractivity contribution in [1.82, 2.24) is 4.98 Å². The minimum Gasteiger partial charge on any atom is -0.454 e. The third kappa shape index (κ3) is 4.19. The summed E-state index contributed by atoms with van der Waals surface area (Å²) in [7, 11) is 0. The fourth-order valence-electron chi connectivity index (χ4n) is 3.21. The molecule has 0 aliphatic carbocycles. The number of rotatable bonds is 7. The Morgan fingerprint density at radius 1 is 0.964 bits per heavy atom. The van der Waals surface area contributed by atoms with E-state index >= 15 is 0 Å². The van der Waals surface area contributed by atoms with Gasteiger partial charge in [-0.15, -0.1) is 0 Å². The van der Waals surface area contributed by atoms with Crippen LogP contribution >= 0.6 is 0 Å². The van der Waals surface area contributed by atoms with Crippen molar-refractivity contribution in [2.24, 2.45) is 0 Å². The molecule has 0 aliphatic heterocycles. The molecule has 3 rings (SSSR count). The zero-order chi connectivity index (χ0) is 20.3. The summed E-state index contributed by atoms with van der Waals surface area (Å²) in [6, 6.07) is 14.7. The van der Waals surface area contributed by atoms with Gasteiger partial charge in [0.25, 0.3) is 0 Å². The molecule has 0 saturated heterocycles. The number of hydrogen-bond acceptors (Lipinski definition) is 4. The highest BCUT2D eigenvalue weighted by Gasteiger charge is 2.24. The molecular formula is C23H23NO4. The summed E-state index contributed by atoms with van der Waals surface area (Å²) < 4.78 is 5.29. The maximum Gasteiger partial charge on any atom is 0.306 e. The fraction of sp³-hybridized carbons (Fsp3) is 0.261. The number of ketones is 2. The Morgan fingerprint density at radius 3 is 2.36 bits per heavy atom. The van der Waals surface area contributed by atoms with Gasteiger partial charge in [-0.05, 0) is 26.8 Å². The highest BCUT2D eigenvalue weighted by atomic mass is 16.5. The Hall–Kier alpha value is -3.21. The first kappa shape index (κ1) is 19.5. The lowest BCUT2D eigenvalue weighted by atomic mass is 10.0. The van der Waals surface area contributed by atoms with Gasteiger partial charge in [-0.3, -0.25) is 14.4 Å². The Morgan fingerprint density at radius 2 is 1.64 bits per heavy atom. The van der Waals surface area contributed by atoms with Crippen molar-refractivity contribution in [2.75, 3.05) is 0 Å². The molecule has 28 heavy (non-hydrogen) atoms. The number of carbonyl (C=O) groups is 3. The summed E-state index contributed by atoms with van der Waals surface area (Å²) in [4.78, 5) is 40.3. The number of carbonyl (C=O) groups excluding carboxylic acids is 3. The molecule has 0 fully saturated rings. The van der Waals surface area contributed by atoms with Crippen LogP contribution in [0.3, 0.4) is 0 Å². The molecule has 0 aliphatic rings. The maximum atomic E-state index is 12.8. The van der Waals surface area contributed by atoms with Crippen LogP contribution in [-0.2, 0) is 9.53 Å². The van der Waals surface area contributed by atoms with Crippen LogP contribution in [0.2, 0.25) is 0 Å². The molecular weight excluding hydrogens is 354 g/mol. The number of ether oxygens (including phenoxy) is 1. The SMILES string of the molecule is Cc1ccc(C(=O)CCC(=O)O[C@H](C)C(=O)c2c(C)[nH]c3ccccc23)cc1. The third-order valence-electron chi connectivity index (χ3n) is 4.75. The normalized spacial score (nSPS) is 12.0. The maximum absolute atomic E-state index is 12.8. The molecule has 0 spiro atoms. The zero-order valence-corrected chi connectivity index (χ0v) is 16.2. The van der Waals surface area contributed by atoms with E-state index in [0.29, 0.717) is 11.1 Å². The first-order valence-corrected chi connectivity index (χ1v) is 9.27. The number of Topliss-reactive ketones (excluding diaryl/α,β-unsaturated/α-hetero) is 2. The first-order valence-electron chi connectivity index (χ1n) is 9.27. The molecule has 5 heteroatoms. The lowest BCUT2D eigenvalue weighted by Crippen LogP contribution is -2.25. The Kier molecular flexibility index (Phi) is 5.73. The second-order valence-corrected chi connectivity index (χ2v) is 6.96. The fourth-order valence-corrected chi connectivity index (χ4v) is 3.21. The Balaban J connectivity index is 1.60. The predicted octanol–water partition coefficient (Wildman–Crippen LogP) is 4.56. The van der Waals surface area contributed by atoms with E-state index in [9.17, 15) is 14.4 Å². The molecule has 1 heterocycles. The summed E-state index contributed by atoms with van der Waals surface area (Å²) in [6.07, 6.45) is -0.925. The molecule has 0 saturated carbocycles. The van der Waals surface area contributed by atoms with E-state index < -0.39 is 12.1 Å². The standard InChI is InChI=1S/C23H23NO4/c1-14-8-10-17(11-9-14)20(25)12-13-21(26)28-16(3)23(27)22-15(2)24-19-7-5-4-6-18(19)22/h4-11,16,24H,12-13H2,1-3H3/t16-/m1/s1. The van der Waals surface area contributed by atoms with Crippen molar-refractivity contribution in [3.8, 4) is 0 Å². The lowest BCUT2D eigenvalue weighted by molar-refractivity contribution is -0.146. The van der Waals surface area contributed by atoms with Gasteiger partial charge in [0.2, 0.25) is 5.78 Å². The minimum atomic E-state index is -0.917. The van der Waals surface area contributed by atoms with Crippen molar-refractivity contribution in [3.63, 3.8) is 0 Å². The van der Waals surface area contributed by atoms with Crippen LogP contribution in [0.4, 0.5) is 0 Å². The number of aromatic nitrogens is 1. The van der Waals surface area contributed by atoms with E-state index in [2.05, 4.69) is 4.98 Å². The van der Waals surface area contributed by atoms with Gasteiger partial charge >= 0.3 is 5.97 Å². The topological polar surface area (TPSA) is 76.2 Å². The van der Waals surface area contributed by atoms with Crippen LogP contribution in [0.25, 0.3) is 10.9 Å². The first-order chi connectivity index (χ1) is 13.4. The highest BCUT2D eigenvalue weighted by molar-refractivity contribution is 6.11. The van der Waals surface area contributed by atoms with Crippen molar-refractivity contribution in [2.45, 2.75) is 39.7 Å². The molecule has 0 radical (unpaired) electrons. The monoisotopic (exact) mass is 377 g/mol. The molecule has 3 aromatic rings. The summed E-state index contributed by atoms with van der Waals surface area (Å²) in [5, 5.41) is 0.808. The third-order valence-corrected chi connectivity index (χ3v) is 4.75. The number of aryl methyl sites for hydroxylation is 2. The smallest absolute Gasteiger partial charge is 0.306 e. The van der Waals surface area contributed by atoms with Gasteiger partial charge < -0.3 is 9.72 Å². The molecule has 1 N–H and O–H groups in total. The summed E-state index contributed by atoms with van der Waals surface area (Å²) in [6.45, 7) is 5.32. The molecule has 0 bridgehead atoms. The van der Waals surface area contributed by atoms with Crippen molar-refractivity contribution < 1.29 is 19.1 Å². The number of fused-ring (bicyclic) bond motifs is 1. The second kappa shape index (κ2) is 8.21. The average molecular weight is 377 g/mol.